The lowest BCUT2D eigenvalue weighted by atomic mass is 10.1. The lowest BCUT2D eigenvalue weighted by molar-refractivity contribution is 0.566. The molecule has 19 heavy (non-hydrogen) atoms. The first-order valence-corrected chi connectivity index (χ1v) is 6.16. The monoisotopic (exact) mass is 274 g/mol. The van der Waals surface area contributed by atoms with Gasteiger partial charge in [0.25, 0.3) is 0 Å². The summed E-state index contributed by atoms with van der Waals surface area (Å²) in [6, 6.07) is 5.02. The van der Waals surface area contributed by atoms with Gasteiger partial charge in [-0.25, -0.2) is 4.98 Å². The van der Waals surface area contributed by atoms with Gasteiger partial charge in [-0.3, -0.25) is 4.79 Å². The molecule has 2 aromatic heterocycles. The minimum Gasteiger partial charge on any atom is -0.460 e. The van der Waals surface area contributed by atoms with Crippen LogP contribution < -0.4 is 5.43 Å². The zero-order valence-corrected chi connectivity index (χ0v) is 11.2. The Kier molecular flexibility index (Phi) is 2.68. The molecule has 0 amide bonds. The van der Waals surface area contributed by atoms with E-state index in [-0.39, 0.29) is 5.43 Å². The van der Waals surface area contributed by atoms with Crippen LogP contribution in [0.5, 0.6) is 0 Å². The molecule has 0 bridgehead atoms. The fourth-order valence-corrected chi connectivity index (χ4v) is 2.32. The van der Waals surface area contributed by atoms with Crippen LogP contribution in [0.3, 0.4) is 0 Å². The van der Waals surface area contributed by atoms with Crippen LogP contribution in [0.4, 0.5) is 0 Å². The van der Waals surface area contributed by atoms with E-state index in [4.69, 9.17) is 16.0 Å². The molecule has 96 valence electrons. The SMILES string of the molecule is Cc1oc2ccc(Cl)cc2c(=O)c1-c1nccn1C. The highest BCUT2D eigenvalue weighted by Crippen LogP contribution is 2.24. The second-order valence-corrected chi connectivity index (χ2v) is 4.80. The van der Waals surface area contributed by atoms with Crippen molar-refractivity contribution < 1.29 is 4.42 Å². The number of nitrogens with zero attached hydrogens (tertiary/aromatic N) is 2. The Labute approximate surface area is 114 Å². The third kappa shape index (κ3) is 1.85. The van der Waals surface area contributed by atoms with Crippen LogP contribution in [0, 0.1) is 6.92 Å². The molecule has 0 aliphatic heterocycles. The number of imidazole rings is 1. The van der Waals surface area contributed by atoms with Crippen molar-refractivity contribution >= 4 is 22.6 Å². The zero-order chi connectivity index (χ0) is 13.6. The van der Waals surface area contributed by atoms with Crippen LogP contribution in [0.25, 0.3) is 22.4 Å². The Balaban J connectivity index is 2.44. The van der Waals surface area contributed by atoms with Gasteiger partial charge >= 0.3 is 0 Å². The fourth-order valence-electron chi connectivity index (χ4n) is 2.14. The molecule has 0 aliphatic carbocycles. The van der Waals surface area contributed by atoms with Crippen molar-refractivity contribution in [2.24, 2.45) is 7.05 Å². The zero-order valence-electron chi connectivity index (χ0n) is 10.5. The summed E-state index contributed by atoms with van der Waals surface area (Å²) in [5, 5.41) is 0.977. The molecule has 0 saturated heterocycles. The molecule has 0 saturated carbocycles. The minimum absolute atomic E-state index is 0.115. The number of aryl methyl sites for hydroxylation is 2. The molecular formula is C14H11ClN2O2. The Hall–Kier alpha value is -2.07. The lowest BCUT2D eigenvalue weighted by Crippen LogP contribution is -2.10. The largest absolute Gasteiger partial charge is 0.460 e. The minimum atomic E-state index is -0.115. The van der Waals surface area contributed by atoms with E-state index in [9.17, 15) is 4.79 Å². The van der Waals surface area contributed by atoms with Crippen LogP contribution in [-0.4, -0.2) is 9.55 Å². The number of fused-ring (bicyclic) bond motifs is 1. The van der Waals surface area contributed by atoms with Gasteiger partial charge in [0.15, 0.2) is 0 Å². The van der Waals surface area contributed by atoms with Crippen molar-refractivity contribution in [3.8, 4) is 11.4 Å². The van der Waals surface area contributed by atoms with Crippen molar-refractivity contribution in [3.63, 3.8) is 0 Å². The van der Waals surface area contributed by atoms with E-state index in [2.05, 4.69) is 4.98 Å². The second kappa shape index (κ2) is 4.24. The number of hydrogen-bond donors (Lipinski definition) is 0. The van der Waals surface area contributed by atoms with E-state index in [0.717, 1.165) is 0 Å². The van der Waals surface area contributed by atoms with Gasteiger partial charge < -0.3 is 8.98 Å². The predicted octanol–water partition coefficient (Wildman–Crippen LogP) is 3.16. The molecule has 0 spiro atoms. The normalized spacial score (nSPS) is 11.1. The number of hydrogen-bond acceptors (Lipinski definition) is 3. The van der Waals surface area contributed by atoms with Crippen molar-refractivity contribution in [1.82, 2.24) is 9.55 Å². The number of halogens is 1. The summed E-state index contributed by atoms with van der Waals surface area (Å²) in [5.41, 5.74) is 0.891. The molecule has 0 radical (unpaired) electrons. The maximum Gasteiger partial charge on any atom is 0.203 e. The van der Waals surface area contributed by atoms with Crippen molar-refractivity contribution in [2.45, 2.75) is 6.92 Å². The van der Waals surface area contributed by atoms with Crippen LogP contribution in [-0.2, 0) is 7.05 Å². The van der Waals surface area contributed by atoms with Gasteiger partial charge in [-0.05, 0) is 25.1 Å². The summed E-state index contributed by atoms with van der Waals surface area (Å²) >= 11 is 5.94. The Morgan fingerprint density at radius 3 is 2.84 bits per heavy atom. The second-order valence-electron chi connectivity index (χ2n) is 4.36. The van der Waals surface area contributed by atoms with Gasteiger partial charge in [0.1, 0.15) is 22.7 Å². The summed E-state index contributed by atoms with van der Waals surface area (Å²) in [4.78, 5) is 16.8. The standard InChI is InChI=1S/C14H11ClN2O2/c1-8-12(14-16-5-6-17(14)2)13(18)10-7-9(15)3-4-11(10)19-8/h3-7H,1-2H3. The average molecular weight is 275 g/mol. The third-order valence-electron chi connectivity index (χ3n) is 3.07. The highest BCUT2D eigenvalue weighted by atomic mass is 35.5. The maximum atomic E-state index is 12.6. The summed E-state index contributed by atoms with van der Waals surface area (Å²) in [6.45, 7) is 1.76. The molecule has 0 unspecified atom stereocenters. The van der Waals surface area contributed by atoms with E-state index in [0.29, 0.717) is 33.1 Å². The van der Waals surface area contributed by atoms with Crippen molar-refractivity contribution in [1.29, 1.82) is 0 Å². The summed E-state index contributed by atoms with van der Waals surface area (Å²) < 4.78 is 7.48. The molecule has 0 aliphatic rings. The average Bonchev–Trinajstić information content (AvgIpc) is 2.77. The Bertz CT molecular complexity index is 833. The van der Waals surface area contributed by atoms with E-state index >= 15 is 0 Å². The Morgan fingerprint density at radius 1 is 1.37 bits per heavy atom. The van der Waals surface area contributed by atoms with Gasteiger partial charge in [-0.1, -0.05) is 11.6 Å². The first kappa shape index (κ1) is 12.0. The van der Waals surface area contributed by atoms with E-state index < -0.39 is 0 Å². The third-order valence-corrected chi connectivity index (χ3v) is 3.31. The molecule has 2 heterocycles. The highest BCUT2D eigenvalue weighted by Gasteiger charge is 2.16. The van der Waals surface area contributed by atoms with Crippen LogP contribution >= 0.6 is 11.6 Å². The molecular weight excluding hydrogens is 264 g/mol. The molecule has 5 heteroatoms. The predicted molar refractivity (Wildman–Crippen MR) is 74.4 cm³/mol. The summed E-state index contributed by atoms with van der Waals surface area (Å²) in [6.07, 6.45) is 3.44. The van der Waals surface area contributed by atoms with Gasteiger partial charge in [0.05, 0.1) is 5.39 Å². The molecule has 3 aromatic rings. The number of rotatable bonds is 1. The molecule has 4 nitrogen and oxygen atoms in total. The van der Waals surface area contributed by atoms with Crippen LogP contribution in [0.1, 0.15) is 5.76 Å². The van der Waals surface area contributed by atoms with Gasteiger partial charge in [0, 0.05) is 24.5 Å². The molecule has 0 atom stereocenters. The summed E-state index contributed by atoms with van der Waals surface area (Å²) in [5.74, 6) is 1.14. The van der Waals surface area contributed by atoms with E-state index in [1.165, 1.54) is 0 Å². The van der Waals surface area contributed by atoms with E-state index in [1.807, 2.05) is 7.05 Å². The quantitative estimate of drug-likeness (QED) is 0.685. The highest BCUT2D eigenvalue weighted by molar-refractivity contribution is 6.31. The molecule has 0 N–H and O–H groups in total. The molecule has 0 fully saturated rings. The van der Waals surface area contributed by atoms with Crippen molar-refractivity contribution in [2.75, 3.05) is 0 Å². The van der Waals surface area contributed by atoms with Crippen LogP contribution in [0.2, 0.25) is 5.02 Å². The smallest absolute Gasteiger partial charge is 0.203 e. The molecule has 3 rings (SSSR count). The van der Waals surface area contributed by atoms with Gasteiger partial charge in [-0.2, -0.15) is 0 Å². The first-order chi connectivity index (χ1) is 9.08. The first-order valence-electron chi connectivity index (χ1n) is 5.78. The van der Waals surface area contributed by atoms with Gasteiger partial charge in [-0.15, -0.1) is 0 Å². The van der Waals surface area contributed by atoms with Gasteiger partial charge in [0.2, 0.25) is 5.43 Å². The fraction of sp³-hybridized carbons (Fsp3) is 0.143. The number of aromatic nitrogens is 2. The maximum absolute atomic E-state index is 12.6. The van der Waals surface area contributed by atoms with Crippen LogP contribution in [0.15, 0.2) is 39.8 Å². The topological polar surface area (TPSA) is 48.0 Å². The number of benzene rings is 1. The lowest BCUT2D eigenvalue weighted by Gasteiger charge is -2.06. The van der Waals surface area contributed by atoms with Crippen molar-refractivity contribution in [3.05, 3.63) is 51.6 Å². The Morgan fingerprint density at radius 2 is 2.16 bits per heavy atom. The molecule has 1 aromatic carbocycles. The summed E-state index contributed by atoms with van der Waals surface area (Å²) in [7, 11) is 1.84. The van der Waals surface area contributed by atoms with E-state index in [1.54, 1.807) is 42.1 Å².